The molecule has 3 unspecified atom stereocenters. The quantitative estimate of drug-likeness (QED) is 0.132. The lowest BCUT2D eigenvalue weighted by atomic mass is 10.1. The molecule has 0 saturated heterocycles. The van der Waals surface area contributed by atoms with Gasteiger partial charge in [-0.15, -0.1) is 0 Å². The highest BCUT2D eigenvalue weighted by Crippen LogP contribution is 2.05. The molecule has 3 amide bonds. The summed E-state index contributed by atoms with van der Waals surface area (Å²) in [6.07, 6.45) is 0.518. The van der Waals surface area contributed by atoms with Crippen molar-refractivity contribution >= 4 is 47.4 Å². The van der Waals surface area contributed by atoms with E-state index in [-0.39, 0.29) is 12.8 Å². The van der Waals surface area contributed by atoms with Crippen molar-refractivity contribution in [2.75, 3.05) is 18.6 Å². The molecule has 0 radical (unpaired) electrons. The number of nitrogens with one attached hydrogen (secondary N) is 3. The molecular weight excluding hydrogens is 436 g/mol. The molecular formula is C17H28N4O9S. The molecule has 0 rings (SSSR count). The maximum atomic E-state index is 12.6. The van der Waals surface area contributed by atoms with E-state index in [4.69, 9.17) is 21.1 Å². The van der Waals surface area contributed by atoms with Gasteiger partial charge < -0.3 is 37.0 Å². The van der Waals surface area contributed by atoms with Crippen LogP contribution in [0.3, 0.4) is 0 Å². The fraction of sp³-hybridized carbons (Fsp3) is 0.647. The second kappa shape index (κ2) is 15.0. The molecule has 0 saturated carbocycles. The molecule has 176 valence electrons. The number of amides is 3. The van der Waals surface area contributed by atoms with Gasteiger partial charge in [-0.3, -0.25) is 28.8 Å². The minimum absolute atomic E-state index is 0.301. The largest absolute Gasteiger partial charge is 0.481 e. The van der Waals surface area contributed by atoms with E-state index in [1.54, 1.807) is 0 Å². The average molecular weight is 464 g/mol. The number of carbonyl (C=O) groups excluding carboxylic acids is 3. The number of carbonyl (C=O) groups is 6. The molecule has 0 heterocycles. The first-order chi connectivity index (χ1) is 14.5. The molecule has 14 heteroatoms. The molecule has 0 aliphatic carbocycles. The van der Waals surface area contributed by atoms with Gasteiger partial charge in [-0.2, -0.15) is 11.8 Å². The third-order valence-corrected chi connectivity index (χ3v) is 4.59. The number of carboxylic acids is 3. The monoisotopic (exact) mass is 464 g/mol. The lowest BCUT2D eigenvalue weighted by Gasteiger charge is -2.23. The van der Waals surface area contributed by atoms with Crippen LogP contribution in [0.5, 0.6) is 0 Å². The van der Waals surface area contributed by atoms with Gasteiger partial charge in [0.25, 0.3) is 0 Å². The van der Waals surface area contributed by atoms with Crippen molar-refractivity contribution in [1.82, 2.24) is 16.0 Å². The van der Waals surface area contributed by atoms with Crippen molar-refractivity contribution in [2.24, 2.45) is 5.73 Å². The van der Waals surface area contributed by atoms with E-state index < -0.39 is 73.1 Å². The van der Waals surface area contributed by atoms with Gasteiger partial charge in [0.1, 0.15) is 18.6 Å². The van der Waals surface area contributed by atoms with Crippen molar-refractivity contribution in [2.45, 2.75) is 50.2 Å². The molecule has 3 atom stereocenters. The Morgan fingerprint density at radius 3 is 1.71 bits per heavy atom. The number of aliphatic carboxylic acids is 3. The van der Waals surface area contributed by atoms with Crippen molar-refractivity contribution in [3.63, 3.8) is 0 Å². The van der Waals surface area contributed by atoms with Crippen LogP contribution < -0.4 is 21.7 Å². The number of thioether (sulfide) groups is 1. The van der Waals surface area contributed by atoms with Gasteiger partial charge in [0.05, 0.1) is 6.04 Å². The van der Waals surface area contributed by atoms with Gasteiger partial charge in [0.2, 0.25) is 17.7 Å². The number of nitrogens with two attached hydrogens (primary N) is 1. The zero-order valence-corrected chi connectivity index (χ0v) is 17.8. The van der Waals surface area contributed by atoms with E-state index >= 15 is 0 Å². The second-order valence-electron chi connectivity index (χ2n) is 6.49. The lowest BCUT2D eigenvalue weighted by molar-refractivity contribution is -0.140. The third kappa shape index (κ3) is 13.1. The van der Waals surface area contributed by atoms with E-state index in [9.17, 15) is 28.8 Å². The van der Waals surface area contributed by atoms with Gasteiger partial charge >= 0.3 is 17.9 Å². The molecule has 0 aliphatic heterocycles. The standard InChI is InChI=1S/C17H28N4O9S/c1-31-7-6-9(18)15(28)20-11(3-5-13(24)25)17(30)21-10(2-4-12(22)23)16(29)19-8-14(26)27/h9-11H,2-8,18H2,1H3,(H,19,29)(H,20,28)(H,21,30)(H,22,23)(H,24,25)(H,26,27). The zero-order chi connectivity index (χ0) is 24.0. The van der Waals surface area contributed by atoms with E-state index in [0.29, 0.717) is 12.2 Å². The van der Waals surface area contributed by atoms with Crippen LogP contribution in [0, 0.1) is 0 Å². The number of hydrogen-bond donors (Lipinski definition) is 7. The lowest BCUT2D eigenvalue weighted by Crippen LogP contribution is -2.56. The summed E-state index contributed by atoms with van der Waals surface area (Å²) in [6.45, 7) is -0.748. The second-order valence-corrected chi connectivity index (χ2v) is 7.47. The Morgan fingerprint density at radius 2 is 1.26 bits per heavy atom. The van der Waals surface area contributed by atoms with Crippen molar-refractivity contribution in [3.05, 3.63) is 0 Å². The smallest absolute Gasteiger partial charge is 0.322 e. The maximum absolute atomic E-state index is 12.6. The molecule has 0 aromatic heterocycles. The predicted molar refractivity (Wildman–Crippen MR) is 109 cm³/mol. The fourth-order valence-electron chi connectivity index (χ4n) is 2.29. The Kier molecular flexibility index (Phi) is 13.6. The van der Waals surface area contributed by atoms with Gasteiger partial charge in [0, 0.05) is 12.8 Å². The minimum Gasteiger partial charge on any atom is -0.481 e. The molecule has 0 spiro atoms. The highest BCUT2D eigenvalue weighted by atomic mass is 32.2. The first kappa shape index (κ1) is 28.1. The van der Waals surface area contributed by atoms with Crippen LogP contribution in [-0.2, 0) is 28.8 Å². The number of carboxylic acid groups (broad SMARTS) is 3. The summed E-state index contributed by atoms with van der Waals surface area (Å²) in [4.78, 5) is 69.3. The molecule has 0 aromatic rings. The Labute approximate surface area is 182 Å². The van der Waals surface area contributed by atoms with Crippen LogP contribution in [-0.4, -0.2) is 87.6 Å². The summed E-state index contributed by atoms with van der Waals surface area (Å²) >= 11 is 1.46. The number of rotatable bonds is 16. The molecule has 0 aromatic carbocycles. The van der Waals surface area contributed by atoms with Gasteiger partial charge in [-0.05, 0) is 31.3 Å². The van der Waals surface area contributed by atoms with Crippen LogP contribution in [0.15, 0.2) is 0 Å². The van der Waals surface area contributed by atoms with E-state index in [1.807, 2.05) is 11.6 Å². The first-order valence-corrected chi connectivity index (χ1v) is 10.7. The summed E-state index contributed by atoms with van der Waals surface area (Å²) in [6, 6.07) is -3.69. The maximum Gasteiger partial charge on any atom is 0.322 e. The summed E-state index contributed by atoms with van der Waals surface area (Å²) < 4.78 is 0. The van der Waals surface area contributed by atoms with E-state index in [2.05, 4.69) is 10.6 Å². The first-order valence-electron chi connectivity index (χ1n) is 9.26. The Hall–Kier alpha value is -2.87. The van der Waals surface area contributed by atoms with Crippen LogP contribution in [0.4, 0.5) is 0 Å². The topological polar surface area (TPSA) is 225 Å². The molecule has 0 fully saturated rings. The van der Waals surface area contributed by atoms with Crippen molar-refractivity contribution in [3.8, 4) is 0 Å². The zero-order valence-electron chi connectivity index (χ0n) is 17.0. The predicted octanol–water partition coefficient (Wildman–Crippen LogP) is -2.03. The third-order valence-electron chi connectivity index (χ3n) is 3.94. The minimum atomic E-state index is -1.41. The summed E-state index contributed by atoms with van der Waals surface area (Å²) in [7, 11) is 0. The molecule has 31 heavy (non-hydrogen) atoms. The van der Waals surface area contributed by atoms with E-state index in [1.165, 1.54) is 11.8 Å². The van der Waals surface area contributed by atoms with Crippen LogP contribution in [0.1, 0.15) is 32.1 Å². The van der Waals surface area contributed by atoms with Gasteiger partial charge in [0.15, 0.2) is 0 Å². The van der Waals surface area contributed by atoms with Gasteiger partial charge in [-0.25, -0.2) is 0 Å². The Bertz CT molecular complexity index is 674. The Balaban J connectivity index is 5.31. The molecule has 13 nitrogen and oxygen atoms in total. The van der Waals surface area contributed by atoms with E-state index in [0.717, 1.165) is 0 Å². The van der Waals surface area contributed by atoms with Crippen molar-refractivity contribution < 1.29 is 44.1 Å². The normalized spacial score (nSPS) is 13.4. The highest BCUT2D eigenvalue weighted by Gasteiger charge is 2.29. The van der Waals surface area contributed by atoms with Crippen LogP contribution >= 0.6 is 11.8 Å². The van der Waals surface area contributed by atoms with Crippen molar-refractivity contribution in [1.29, 1.82) is 0 Å². The summed E-state index contributed by atoms with van der Waals surface area (Å²) in [5, 5.41) is 33.0. The number of hydrogen-bond acceptors (Lipinski definition) is 8. The molecule has 0 aliphatic rings. The molecule has 8 N–H and O–H groups in total. The Morgan fingerprint density at radius 1 is 0.774 bits per heavy atom. The SMILES string of the molecule is CSCCC(N)C(=O)NC(CCC(=O)O)C(=O)NC(CCC(=O)O)C(=O)NCC(=O)O. The molecule has 0 bridgehead atoms. The highest BCUT2D eigenvalue weighted by molar-refractivity contribution is 7.98. The average Bonchev–Trinajstić information content (AvgIpc) is 2.69. The summed E-state index contributed by atoms with van der Waals surface area (Å²) in [5.41, 5.74) is 5.75. The summed E-state index contributed by atoms with van der Waals surface area (Å²) in [5.74, 6) is -5.77. The fourth-order valence-corrected chi connectivity index (χ4v) is 2.78. The van der Waals surface area contributed by atoms with Crippen LogP contribution in [0.25, 0.3) is 0 Å². The van der Waals surface area contributed by atoms with Gasteiger partial charge in [-0.1, -0.05) is 0 Å². The van der Waals surface area contributed by atoms with Crippen LogP contribution in [0.2, 0.25) is 0 Å².